The van der Waals surface area contributed by atoms with Crippen molar-refractivity contribution in [2.75, 3.05) is 14.1 Å². The Balaban J connectivity index is 1.65. The molecule has 0 aliphatic rings. The highest BCUT2D eigenvalue weighted by molar-refractivity contribution is 5.83. The maximum Gasteiger partial charge on any atom is 0.242 e. The largest absolute Gasteiger partial charge is 0.350 e. The van der Waals surface area contributed by atoms with Gasteiger partial charge in [0.2, 0.25) is 5.91 Å². The Morgan fingerprint density at radius 2 is 1.88 bits per heavy atom. The van der Waals surface area contributed by atoms with Crippen LogP contribution in [0.1, 0.15) is 22.7 Å². The molecule has 1 amide bonds. The Labute approximate surface area is 153 Å². The van der Waals surface area contributed by atoms with E-state index in [1.807, 2.05) is 67.5 Å². The standard InChI is InChI=1S/C20H23N5O/c1-24(2)19(18-9-4-3-5-10-18)20(26)22-12-16-7-6-8-17(11-16)13-25-15-21-14-23-25/h3-11,14-15,19H,12-13H2,1-2H3,(H,22,26). The van der Waals surface area contributed by atoms with Gasteiger partial charge in [0.05, 0.1) is 6.54 Å². The lowest BCUT2D eigenvalue weighted by Crippen LogP contribution is -2.36. The van der Waals surface area contributed by atoms with Crippen LogP contribution in [0.3, 0.4) is 0 Å². The fourth-order valence-corrected chi connectivity index (χ4v) is 2.94. The predicted octanol–water partition coefficient (Wildman–Crippen LogP) is 2.25. The second-order valence-corrected chi connectivity index (χ2v) is 6.41. The smallest absolute Gasteiger partial charge is 0.242 e. The van der Waals surface area contributed by atoms with E-state index in [1.54, 1.807) is 11.0 Å². The molecule has 134 valence electrons. The van der Waals surface area contributed by atoms with E-state index in [0.717, 1.165) is 16.7 Å². The minimum Gasteiger partial charge on any atom is -0.350 e. The number of amides is 1. The quantitative estimate of drug-likeness (QED) is 0.711. The Morgan fingerprint density at radius 1 is 1.12 bits per heavy atom. The van der Waals surface area contributed by atoms with Gasteiger partial charge in [-0.3, -0.25) is 9.69 Å². The highest BCUT2D eigenvalue weighted by Crippen LogP contribution is 2.18. The number of carbonyl (C=O) groups excluding carboxylic acids is 1. The van der Waals surface area contributed by atoms with Crippen molar-refractivity contribution in [2.24, 2.45) is 0 Å². The minimum absolute atomic E-state index is 0.0112. The van der Waals surface area contributed by atoms with Crippen LogP contribution in [0.15, 0.2) is 67.3 Å². The maximum atomic E-state index is 12.7. The number of nitrogens with zero attached hydrogens (tertiary/aromatic N) is 4. The number of carbonyl (C=O) groups is 1. The molecule has 1 heterocycles. The van der Waals surface area contributed by atoms with Crippen molar-refractivity contribution in [3.8, 4) is 0 Å². The van der Waals surface area contributed by atoms with E-state index < -0.39 is 0 Å². The molecule has 0 spiro atoms. The van der Waals surface area contributed by atoms with Gasteiger partial charge in [-0.15, -0.1) is 0 Å². The Kier molecular flexibility index (Phi) is 5.76. The van der Waals surface area contributed by atoms with E-state index in [1.165, 1.54) is 6.33 Å². The fraction of sp³-hybridized carbons (Fsp3) is 0.250. The highest BCUT2D eigenvalue weighted by Gasteiger charge is 2.22. The molecule has 0 aliphatic heterocycles. The Bertz CT molecular complexity index is 830. The first kappa shape index (κ1) is 17.8. The summed E-state index contributed by atoms with van der Waals surface area (Å²) in [5, 5.41) is 7.17. The topological polar surface area (TPSA) is 63.1 Å². The zero-order valence-electron chi connectivity index (χ0n) is 15.0. The van der Waals surface area contributed by atoms with E-state index in [0.29, 0.717) is 13.1 Å². The molecule has 1 atom stereocenters. The van der Waals surface area contributed by atoms with Crippen molar-refractivity contribution in [1.82, 2.24) is 25.0 Å². The molecule has 3 rings (SSSR count). The normalized spacial score (nSPS) is 12.1. The van der Waals surface area contributed by atoms with Gasteiger partial charge in [-0.05, 0) is 30.8 Å². The molecule has 1 aromatic heterocycles. The summed E-state index contributed by atoms with van der Waals surface area (Å²) in [5.41, 5.74) is 3.16. The Hall–Kier alpha value is -2.99. The van der Waals surface area contributed by atoms with Crippen LogP contribution in [-0.2, 0) is 17.9 Å². The number of nitrogens with one attached hydrogen (secondary N) is 1. The maximum absolute atomic E-state index is 12.7. The molecule has 3 aromatic rings. The molecule has 1 unspecified atom stereocenters. The first-order valence-electron chi connectivity index (χ1n) is 8.53. The van der Waals surface area contributed by atoms with Crippen LogP contribution in [0.2, 0.25) is 0 Å². The van der Waals surface area contributed by atoms with Crippen molar-refractivity contribution in [3.63, 3.8) is 0 Å². The van der Waals surface area contributed by atoms with Gasteiger partial charge in [-0.2, -0.15) is 5.10 Å². The monoisotopic (exact) mass is 349 g/mol. The van der Waals surface area contributed by atoms with Crippen molar-refractivity contribution >= 4 is 5.91 Å². The molecular formula is C20H23N5O. The summed E-state index contributed by atoms with van der Waals surface area (Å²) >= 11 is 0. The third-order valence-electron chi connectivity index (χ3n) is 4.15. The van der Waals surface area contributed by atoms with Crippen LogP contribution in [0.5, 0.6) is 0 Å². The lowest BCUT2D eigenvalue weighted by Gasteiger charge is -2.24. The third-order valence-corrected chi connectivity index (χ3v) is 4.15. The highest BCUT2D eigenvalue weighted by atomic mass is 16.2. The summed E-state index contributed by atoms with van der Waals surface area (Å²) < 4.78 is 1.77. The van der Waals surface area contributed by atoms with E-state index in [9.17, 15) is 4.79 Å². The molecule has 0 radical (unpaired) electrons. The first-order chi connectivity index (χ1) is 12.6. The molecule has 6 heteroatoms. The molecule has 0 aliphatic carbocycles. The van der Waals surface area contributed by atoms with Gasteiger partial charge < -0.3 is 5.32 Å². The molecule has 1 N–H and O–H groups in total. The summed E-state index contributed by atoms with van der Waals surface area (Å²) in [5.74, 6) is -0.0112. The molecule has 2 aromatic carbocycles. The SMILES string of the molecule is CN(C)C(C(=O)NCc1cccc(Cn2cncn2)c1)c1ccccc1. The second kappa shape index (κ2) is 8.40. The third kappa shape index (κ3) is 4.55. The van der Waals surface area contributed by atoms with Crippen LogP contribution >= 0.6 is 0 Å². The lowest BCUT2D eigenvalue weighted by atomic mass is 10.0. The van der Waals surface area contributed by atoms with E-state index in [-0.39, 0.29) is 11.9 Å². The number of benzene rings is 2. The lowest BCUT2D eigenvalue weighted by molar-refractivity contribution is -0.125. The summed E-state index contributed by atoms with van der Waals surface area (Å²) in [4.78, 5) is 18.6. The molecule has 0 bridgehead atoms. The number of likely N-dealkylation sites (N-methyl/N-ethyl adjacent to an activating group) is 1. The summed E-state index contributed by atoms with van der Waals surface area (Å²) in [7, 11) is 3.83. The zero-order chi connectivity index (χ0) is 18.4. The van der Waals surface area contributed by atoms with Gasteiger partial charge in [0.25, 0.3) is 0 Å². The van der Waals surface area contributed by atoms with Crippen LogP contribution in [-0.4, -0.2) is 39.7 Å². The molecule has 0 saturated carbocycles. The van der Waals surface area contributed by atoms with Gasteiger partial charge in [0.1, 0.15) is 18.7 Å². The van der Waals surface area contributed by atoms with E-state index in [4.69, 9.17) is 0 Å². The van der Waals surface area contributed by atoms with Crippen molar-refractivity contribution < 1.29 is 4.79 Å². The van der Waals surface area contributed by atoms with Crippen molar-refractivity contribution in [1.29, 1.82) is 0 Å². The average Bonchev–Trinajstić information content (AvgIpc) is 3.14. The minimum atomic E-state index is -0.311. The van der Waals surface area contributed by atoms with Gasteiger partial charge >= 0.3 is 0 Å². The molecular weight excluding hydrogens is 326 g/mol. The van der Waals surface area contributed by atoms with Gasteiger partial charge in [0, 0.05) is 6.54 Å². The zero-order valence-corrected chi connectivity index (χ0v) is 15.0. The molecule has 26 heavy (non-hydrogen) atoms. The van der Waals surface area contributed by atoms with Crippen molar-refractivity contribution in [2.45, 2.75) is 19.1 Å². The molecule has 0 saturated heterocycles. The van der Waals surface area contributed by atoms with Crippen LogP contribution in [0.25, 0.3) is 0 Å². The number of hydrogen-bond acceptors (Lipinski definition) is 4. The molecule has 6 nitrogen and oxygen atoms in total. The van der Waals surface area contributed by atoms with Crippen LogP contribution in [0.4, 0.5) is 0 Å². The fourth-order valence-electron chi connectivity index (χ4n) is 2.94. The summed E-state index contributed by atoms with van der Waals surface area (Å²) in [6.07, 6.45) is 3.21. The summed E-state index contributed by atoms with van der Waals surface area (Å²) in [6.45, 7) is 1.15. The number of aromatic nitrogens is 3. The van der Waals surface area contributed by atoms with Gasteiger partial charge in [-0.25, -0.2) is 9.67 Å². The van der Waals surface area contributed by atoms with Crippen molar-refractivity contribution in [3.05, 3.63) is 83.9 Å². The van der Waals surface area contributed by atoms with Crippen LogP contribution in [0, 0.1) is 0 Å². The molecule has 0 fully saturated rings. The average molecular weight is 349 g/mol. The number of hydrogen-bond donors (Lipinski definition) is 1. The van der Waals surface area contributed by atoms with Gasteiger partial charge in [0.15, 0.2) is 0 Å². The predicted molar refractivity (Wildman–Crippen MR) is 100 cm³/mol. The van der Waals surface area contributed by atoms with E-state index >= 15 is 0 Å². The second-order valence-electron chi connectivity index (χ2n) is 6.41. The number of rotatable bonds is 7. The van der Waals surface area contributed by atoms with Gasteiger partial charge in [-0.1, -0.05) is 54.6 Å². The first-order valence-corrected chi connectivity index (χ1v) is 8.53. The van der Waals surface area contributed by atoms with E-state index in [2.05, 4.69) is 21.5 Å². The Morgan fingerprint density at radius 3 is 2.58 bits per heavy atom. The summed E-state index contributed by atoms with van der Waals surface area (Å²) in [6, 6.07) is 17.6. The van der Waals surface area contributed by atoms with Crippen LogP contribution < -0.4 is 5.32 Å².